The van der Waals surface area contributed by atoms with Crippen LogP contribution in [0.3, 0.4) is 0 Å². The fourth-order valence-corrected chi connectivity index (χ4v) is 0.468. The number of nitriles is 1. The van der Waals surface area contributed by atoms with Crippen molar-refractivity contribution >= 4 is 6.21 Å². The minimum absolute atomic E-state index is 0.00938. The lowest BCUT2D eigenvalue weighted by atomic mass is 10.1. The van der Waals surface area contributed by atoms with Crippen LogP contribution in [-0.4, -0.2) is 11.8 Å². The molecular weight excluding hydrogens is 124 g/mol. The first-order chi connectivity index (χ1) is 4.56. The molecule has 0 N–H and O–H groups in total. The maximum Gasteiger partial charge on any atom is 0.0625 e. The summed E-state index contributed by atoms with van der Waals surface area (Å²) in [6, 6.07) is 2.06. The van der Waals surface area contributed by atoms with E-state index in [1.807, 2.05) is 27.0 Å². The summed E-state index contributed by atoms with van der Waals surface area (Å²) in [6.07, 6.45) is 3.16. The predicted molar refractivity (Wildman–Crippen MR) is 43.1 cm³/mol. The van der Waals surface area contributed by atoms with Gasteiger partial charge >= 0.3 is 0 Å². The van der Waals surface area contributed by atoms with Crippen molar-refractivity contribution in [3.63, 3.8) is 0 Å². The summed E-state index contributed by atoms with van der Waals surface area (Å²) >= 11 is 0. The van der Waals surface area contributed by atoms with Crippen molar-refractivity contribution in [1.82, 2.24) is 0 Å². The van der Waals surface area contributed by atoms with E-state index < -0.39 is 0 Å². The number of unbranched alkanes of at least 4 members (excludes halogenated alkanes) is 1. The number of rotatable bonds is 2. The van der Waals surface area contributed by atoms with E-state index in [0.29, 0.717) is 6.42 Å². The molecule has 2 heteroatoms. The summed E-state index contributed by atoms with van der Waals surface area (Å²) in [7, 11) is 0. The van der Waals surface area contributed by atoms with Gasteiger partial charge in [0.15, 0.2) is 0 Å². The van der Waals surface area contributed by atoms with Gasteiger partial charge in [0.1, 0.15) is 0 Å². The molecule has 56 valence electrons. The van der Waals surface area contributed by atoms with Gasteiger partial charge in [0, 0.05) is 12.6 Å². The van der Waals surface area contributed by atoms with E-state index in [-0.39, 0.29) is 5.54 Å². The zero-order valence-corrected chi connectivity index (χ0v) is 6.89. The van der Waals surface area contributed by atoms with Crippen molar-refractivity contribution in [2.75, 3.05) is 0 Å². The van der Waals surface area contributed by atoms with Crippen LogP contribution in [0.15, 0.2) is 4.99 Å². The van der Waals surface area contributed by atoms with Crippen LogP contribution < -0.4 is 0 Å². The minimum atomic E-state index is 0.00938. The molecule has 0 rings (SSSR count). The Kier molecular flexibility index (Phi) is 3.71. The fraction of sp³-hybridized carbons (Fsp3) is 0.750. The molecule has 0 aliphatic rings. The van der Waals surface area contributed by atoms with Crippen LogP contribution in [0.5, 0.6) is 0 Å². The maximum atomic E-state index is 8.18. The standard InChI is InChI=1S/C8H14N2/c1-8(2,3)10-7-5-4-6-9/h7H,4-5H2,1-3H3. The first-order valence-electron chi connectivity index (χ1n) is 3.47. The molecule has 0 aromatic carbocycles. The third-order valence-electron chi connectivity index (χ3n) is 0.864. The van der Waals surface area contributed by atoms with Crippen molar-refractivity contribution < 1.29 is 0 Å². The predicted octanol–water partition coefficient (Wildman–Crippen LogP) is 2.16. The van der Waals surface area contributed by atoms with Gasteiger partial charge in [-0.3, -0.25) is 4.99 Å². The zero-order chi connectivity index (χ0) is 8.04. The lowest BCUT2D eigenvalue weighted by molar-refractivity contribution is 0.585. The van der Waals surface area contributed by atoms with Crippen molar-refractivity contribution in [2.24, 2.45) is 4.99 Å². The molecule has 0 aliphatic heterocycles. The maximum absolute atomic E-state index is 8.18. The number of nitrogens with zero attached hydrogens (tertiary/aromatic N) is 2. The average Bonchev–Trinajstić information content (AvgIpc) is 1.78. The van der Waals surface area contributed by atoms with E-state index in [0.717, 1.165) is 6.42 Å². The lowest BCUT2D eigenvalue weighted by Gasteiger charge is -2.09. The van der Waals surface area contributed by atoms with Gasteiger partial charge in [0.25, 0.3) is 0 Å². The van der Waals surface area contributed by atoms with E-state index in [1.54, 1.807) is 0 Å². The highest BCUT2D eigenvalue weighted by Gasteiger charge is 2.03. The Hall–Kier alpha value is -0.840. The van der Waals surface area contributed by atoms with E-state index in [1.165, 1.54) is 0 Å². The second kappa shape index (κ2) is 4.05. The topological polar surface area (TPSA) is 36.1 Å². The highest BCUT2D eigenvalue weighted by Crippen LogP contribution is 2.04. The molecule has 0 saturated carbocycles. The summed E-state index contributed by atoms with van der Waals surface area (Å²) in [5, 5.41) is 8.18. The second-order valence-corrected chi connectivity index (χ2v) is 3.18. The summed E-state index contributed by atoms with van der Waals surface area (Å²) in [5.41, 5.74) is 0.00938. The average molecular weight is 138 g/mol. The highest BCUT2D eigenvalue weighted by atomic mass is 14.8. The Labute approximate surface area is 62.6 Å². The van der Waals surface area contributed by atoms with Gasteiger partial charge in [0.05, 0.1) is 11.6 Å². The van der Waals surface area contributed by atoms with Crippen LogP contribution in [-0.2, 0) is 0 Å². The molecule has 0 amide bonds. The van der Waals surface area contributed by atoms with E-state index in [2.05, 4.69) is 11.1 Å². The van der Waals surface area contributed by atoms with E-state index in [9.17, 15) is 0 Å². The number of hydrogen-bond donors (Lipinski definition) is 0. The van der Waals surface area contributed by atoms with Gasteiger partial charge in [-0.15, -0.1) is 0 Å². The molecule has 0 atom stereocenters. The Morgan fingerprint density at radius 3 is 2.50 bits per heavy atom. The molecule has 2 nitrogen and oxygen atoms in total. The molecular formula is C8H14N2. The van der Waals surface area contributed by atoms with Crippen molar-refractivity contribution in [2.45, 2.75) is 39.2 Å². The van der Waals surface area contributed by atoms with Crippen LogP contribution >= 0.6 is 0 Å². The molecule has 0 fully saturated rings. The van der Waals surface area contributed by atoms with Gasteiger partial charge in [-0.25, -0.2) is 0 Å². The SMILES string of the molecule is CC(C)(C)N=CCCC#N. The third kappa shape index (κ3) is 7.16. The Morgan fingerprint density at radius 2 is 2.10 bits per heavy atom. The molecule has 0 aliphatic carbocycles. The summed E-state index contributed by atoms with van der Waals surface area (Å²) in [6.45, 7) is 6.11. The van der Waals surface area contributed by atoms with Crippen LogP contribution in [0, 0.1) is 11.3 Å². The first kappa shape index (κ1) is 9.16. The normalized spacial score (nSPS) is 11.8. The van der Waals surface area contributed by atoms with Crippen molar-refractivity contribution in [1.29, 1.82) is 5.26 Å². The zero-order valence-electron chi connectivity index (χ0n) is 6.89. The number of hydrogen-bond acceptors (Lipinski definition) is 2. The highest BCUT2D eigenvalue weighted by molar-refractivity contribution is 5.58. The van der Waals surface area contributed by atoms with Crippen LogP contribution in [0.25, 0.3) is 0 Å². The fourth-order valence-electron chi connectivity index (χ4n) is 0.468. The largest absolute Gasteiger partial charge is 0.292 e. The molecule has 0 unspecified atom stereocenters. The number of aliphatic imine (C=N–C) groups is 1. The Morgan fingerprint density at radius 1 is 1.50 bits per heavy atom. The van der Waals surface area contributed by atoms with Crippen LogP contribution in [0.4, 0.5) is 0 Å². The molecule has 0 saturated heterocycles. The molecule has 0 radical (unpaired) electrons. The first-order valence-corrected chi connectivity index (χ1v) is 3.47. The molecule has 0 aromatic heterocycles. The third-order valence-corrected chi connectivity index (χ3v) is 0.864. The summed E-state index contributed by atoms with van der Waals surface area (Å²) in [5.74, 6) is 0. The molecule has 0 spiro atoms. The smallest absolute Gasteiger partial charge is 0.0625 e. The lowest BCUT2D eigenvalue weighted by Crippen LogP contribution is -2.09. The van der Waals surface area contributed by atoms with Gasteiger partial charge in [-0.1, -0.05) is 0 Å². The van der Waals surface area contributed by atoms with E-state index >= 15 is 0 Å². The van der Waals surface area contributed by atoms with Crippen molar-refractivity contribution in [3.05, 3.63) is 0 Å². The van der Waals surface area contributed by atoms with Gasteiger partial charge in [-0.2, -0.15) is 5.26 Å². The van der Waals surface area contributed by atoms with E-state index in [4.69, 9.17) is 5.26 Å². The molecule has 0 heterocycles. The Bertz CT molecular complexity index is 146. The van der Waals surface area contributed by atoms with Crippen molar-refractivity contribution in [3.8, 4) is 6.07 Å². The van der Waals surface area contributed by atoms with Crippen LogP contribution in [0.2, 0.25) is 0 Å². The molecule has 10 heavy (non-hydrogen) atoms. The molecule has 0 aromatic rings. The van der Waals surface area contributed by atoms with Gasteiger partial charge in [-0.05, 0) is 27.2 Å². The summed E-state index contributed by atoms with van der Waals surface area (Å²) < 4.78 is 0. The molecule has 0 bridgehead atoms. The quantitative estimate of drug-likeness (QED) is 0.425. The van der Waals surface area contributed by atoms with Crippen LogP contribution in [0.1, 0.15) is 33.6 Å². The van der Waals surface area contributed by atoms with Gasteiger partial charge in [0.2, 0.25) is 0 Å². The van der Waals surface area contributed by atoms with Gasteiger partial charge < -0.3 is 0 Å². The summed E-state index contributed by atoms with van der Waals surface area (Å²) in [4.78, 5) is 4.22. The minimum Gasteiger partial charge on any atom is -0.292 e. The monoisotopic (exact) mass is 138 g/mol. The second-order valence-electron chi connectivity index (χ2n) is 3.18. The Balaban J connectivity index is 3.49.